The molecule has 43 heavy (non-hydrogen) atoms. The van der Waals surface area contributed by atoms with E-state index < -0.39 is 0 Å². The molecule has 0 aliphatic rings. The second-order valence-electron chi connectivity index (χ2n) is 12.2. The van der Waals surface area contributed by atoms with Crippen molar-refractivity contribution < 1.29 is 24.5 Å². The molecule has 0 unspecified atom stereocenters. The van der Waals surface area contributed by atoms with E-state index >= 15 is 0 Å². The normalized spacial score (nSPS) is 11.4. The Kier molecular flexibility index (Phi) is 8.99. The minimum Gasteiger partial charge on any atom is -0.501 e. The number of furan rings is 1. The molecule has 0 bridgehead atoms. The number of hydrogen-bond acceptors (Lipinski definition) is 4. The number of aryl methyl sites for hydroxylation is 3. The number of pyridine rings is 2. The molecule has 4 aromatic heterocycles. The third-order valence-electron chi connectivity index (χ3n) is 7.28. The molecule has 7 aromatic rings. The Hall–Kier alpha value is -3.63. The molecule has 0 saturated heterocycles. The molecule has 0 aliphatic carbocycles. The molecule has 0 aliphatic heterocycles. The Morgan fingerprint density at radius 1 is 0.814 bits per heavy atom. The first-order valence-corrected chi connectivity index (χ1v) is 15.1. The van der Waals surface area contributed by atoms with E-state index in [1.54, 1.807) is 0 Å². The summed E-state index contributed by atoms with van der Waals surface area (Å²) in [5.41, 5.74) is 9.65. The fourth-order valence-corrected chi connectivity index (χ4v) is 6.19. The molecule has 3 nitrogen and oxygen atoms in total. The first-order valence-electron chi connectivity index (χ1n) is 14.3. The summed E-state index contributed by atoms with van der Waals surface area (Å²) < 4.78 is 7.66. The van der Waals surface area contributed by atoms with E-state index in [0.29, 0.717) is 0 Å². The van der Waals surface area contributed by atoms with Gasteiger partial charge in [-0.3, -0.25) is 0 Å². The molecular weight excluding hydrogens is 725 g/mol. The maximum absolute atomic E-state index is 6.36. The molecule has 0 fully saturated rings. The van der Waals surface area contributed by atoms with Gasteiger partial charge in [-0.1, -0.05) is 55.5 Å². The largest absolute Gasteiger partial charge is 0.501 e. The van der Waals surface area contributed by atoms with Crippen LogP contribution in [0.25, 0.3) is 54.5 Å². The third-order valence-corrected chi connectivity index (χ3v) is 8.29. The molecule has 5 heteroatoms. The van der Waals surface area contributed by atoms with Gasteiger partial charge >= 0.3 is 0 Å². The van der Waals surface area contributed by atoms with Crippen molar-refractivity contribution in [3.8, 4) is 22.5 Å². The molecule has 0 atom stereocenters. The topological polar surface area (TPSA) is 38.9 Å². The summed E-state index contributed by atoms with van der Waals surface area (Å²) in [6.45, 7) is 13.1. The number of nitrogens with zero attached hydrogens (tertiary/aromatic N) is 2. The van der Waals surface area contributed by atoms with E-state index in [4.69, 9.17) is 9.40 Å². The number of aromatic nitrogens is 2. The van der Waals surface area contributed by atoms with Crippen molar-refractivity contribution in [2.75, 3.05) is 0 Å². The predicted molar refractivity (Wildman–Crippen MR) is 177 cm³/mol. The van der Waals surface area contributed by atoms with Crippen LogP contribution in [0, 0.1) is 38.3 Å². The van der Waals surface area contributed by atoms with Crippen LogP contribution in [0.4, 0.5) is 0 Å². The van der Waals surface area contributed by atoms with Crippen LogP contribution >= 0.6 is 11.3 Å². The van der Waals surface area contributed by atoms with E-state index in [-0.39, 0.29) is 25.5 Å². The number of benzene rings is 3. The van der Waals surface area contributed by atoms with Gasteiger partial charge in [0, 0.05) is 47.5 Å². The van der Waals surface area contributed by atoms with Crippen molar-refractivity contribution in [2.45, 2.75) is 48.0 Å². The Labute approximate surface area is 271 Å². The van der Waals surface area contributed by atoms with Crippen LogP contribution in [0.2, 0.25) is 0 Å². The minimum atomic E-state index is 0. The van der Waals surface area contributed by atoms with Crippen molar-refractivity contribution in [3.05, 3.63) is 119 Å². The smallest absolute Gasteiger partial charge is 0.121 e. The van der Waals surface area contributed by atoms with Crippen molar-refractivity contribution in [3.63, 3.8) is 0 Å². The monoisotopic (exact) mass is 759 g/mol. The zero-order chi connectivity index (χ0) is 29.4. The van der Waals surface area contributed by atoms with Gasteiger partial charge in [0.05, 0.1) is 5.58 Å². The fourth-order valence-electron chi connectivity index (χ4n) is 5.24. The molecule has 219 valence electrons. The van der Waals surface area contributed by atoms with E-state index in [2.05, 4.69) is 88.1 Å². The van der Waals surface area contributed by atoms with E-state index in [0.717, 1.165) is 50.9 Å². The maximum atomic E-state index is 6.36. The van der Waals surface area contributed by atoms with Crippen LogP contribution in [0.1, 0.15) is 42.3 Å². The Balaban J connectivity index is 0.000000221. The summed E-state index contributed by atoms with van der Waals surface area (Å²) in [7, 11) is 0. The molecule has 0 amide bonds. The molecular formula is C38H34IrN2OS-2. The summed E-state index contributed by atoms with van der Waals surface area (Å²) in [4.78, 5) is 10.4. The van der Waals surface area contributed by atoms with Crippen molar-refractivity contribution in [1.29, 1.82) is 0 Å². The van der Waals surface area contributed by atoms with Crippen LogP contribution < -0.4 is 0 Å². The van der Waals surface area contributed by atoms with E-state index in [1.165, 1.54) is 31.7 Å². The van der Waals surface area contributed by atoms with Gasteiger partial charge in [-0.25, -0.2) is 0 Å². The molecule has 0 N–H and O–H groups in total. The van der Waals surface area contributed by atoms with Gasteiger partial charge in [0.25, 0.3) is 0 Å². The van der Waals surface area contributed by atoms with Crippen LogP contribution in [0.5, 0.6) is 0 Å². The average molecular weight is 759 g/mol. The molecule has 4 heterocycles. The van der Waals surface area contributed by atoms with Crippen molar-refractivity contribution in [1.82, 2.24) is 9.97 Å². The first-order chi connectivity index (χ1) is 20.1. The van der Waals surface area contributed by atoms with Crippen molar-refractivity contribution >= 4 is 43.4 Å². The Morgan fingerprint density at radius 2 is 1.63 bits per heavy atom. The number of hydrogen-bond donors (Lipinski definition) is 0. The average Bonchev–Trinajstić information content (AvgIpc) is 3.51. The van der Waals surface area contributed by atoms with Crippen LogP contribution in [0.15, 0.2) is 89.6 Å². The van der Waals surface area contributed by atoms with Gasteiger partial charge in [0.15, 0.2) is 0 Å². The predicted octanol–water partition coefficient (Wildman–Crippen LogP) is 10.7. The zero-order valence-electron chi connectivity index (χ0n) is 25.3. The quantitative estimate of drug-likeness (QED) is 0.169. The van der Waals surface area contributed by atoms with Gasteiger partial charge < -0.3 is 14.4 Å². The van der Waals surface area contributed by atoms with Gasteiger partial charge in [-0.05, 0) is 78.7 Å². The molecule has 0 saturated carbocycles. The Bertz CT molecular complexity index is 2020. The molecule has 1 radical (unpaired) electrons. The summed E-state index contributed by atoms with van der Waals surface area (Å²) in [5, 5.41) is 3.53. The number of thiophene rings is 1. The zero-order valence-corrected chi connectivity index (χ0v) is 28.5. The summed E-state index contributed by atoms with van der Waals surface area (Å²) in [6.07, 6.45) is 4.86. The standard InChI is InChI=1S/C26H24NOS.C12H10N.Ir/c1-15-14-27-22(10-18(15)13-26(3,4)5)20-8-6-7-19-21-12-24-17(9-16(2)29-24)11-23(21)28-25(19)20;1-10-7-8-12(13-9-10)11-5-3-2-4-6-11;/h6-7,9-12,14H,13H2,1-5H3;2-5,7-9H,1H3;/q2*-1;. The van der Waals surface area contributed by atoms with Gasteiger partial charge in [0.1, 0.15) is 5.58 Å². The summed E-state index contributed by atoms with van der Waals surface area (Å²) in [6, 6.07) is 31.4. The number of rotatable bonds is 3. The summed E-state index contributed by atoms with van der Waals surface area (Å²) in [5.74, 6) is 0. The summed E-state index contributed by atoms with van der Waals surface area (Å²) >= 11 is 1.83. The van der Waals surface area contributed by atoms with Crippen LogP contribution in [0.3, 0.4) is 0 Å². The molecule has 0 spiro atoms. The van der Waals surface area contributed by atoms with Crippen LogP contribution in [-0.4, -0.2) is 9.97 Å². The minimum absolute atomic E-state index is 0. The second-order valence-corrected chi connectivity index (χ2v) is 13.5. The van der Waals surface area contributed by atoms with Gasteiger partial charge in [-0.15, -0.1) is 65.4 Å². The Morgan fingerprint density at radius 3 is 2.35 bits per heavy atom. The fraction of sp³-hybridized carbons (Fsp3) is 0.211. The van der Waals surface area contributed by atoms with Gasteiger partial charge in [0.2, 0.25) is 0 Å². The second kappa shape index (κ2) is 12.5. The van der Waals surface area contributed by atoms with Crippen LogP contribution in [-0.2, 0) is 26.5 Å². The maximum Gasteiger partial charge on any atom is 0.121 e. The van der Waals surface area contributed by atoms with E-state index in [9.17, 15) is 0 Å². The number of fused-ring (bicyclic) bond motifs is 4. The van der Waals surface area contributed by atoms with E-state index in [1.807, 2.05) is 67.1 Å². The molecule has 7 rings (SSSR count). The molecule has 3 aromatic carbocycles. The third kappa shape index (κ3) is 6.80. The first kappa shape index (κ1) is 30.8. The SMILES string of the molecule is Cc1cc2cc3oc4c(-c5cc(CC(C)(C)C)c(C)cn5)[c-]ccc4c3cc2s1.Cc1ccc(-c2[c-]cccc2)nc1.[Ir]. The van der Waals surface area contributed by atoms with Crippen molar-refractivity contribution in [2.24, 2.45) is 5.41 Å². The van der Waals surface area contributed by atoms with Gasteiger partial charge in [-0.2, -0.15) is 0 Å².